The number of hydrogen-bond donors (Lipinski definition) is 2. The van der Waals surface area contributed by atoms with Crippen molar-refractivity contribution in [2.45, 2.75) is 38.0 Å². The molecule has 0 saturated carbocycles. The first-order chi connectivity index (χ1) is 13.8. The van der Waals surface area contributed by atoms with E-state index < -0.39 is 5.41 Å². The van der Waals surface area contributed by atoms with Crippen molar-refractivity contribution < 1.29 is 9.59 Å². The zero-order chi connectivity index (χ0) is 20.8. The predicted octanol–water partition coefficient (Wildman–Crippen LogP) is 5.15. The molecule has 0 bridgehead atoms. The van der Waals surface area contributed by atoms with E-state index in [-0.39, 0.29) is 30.1 Å². The number of benzene rings is 2. The van der Waals surface area contributed by atoms with Gasteiger partial charge in [-0.3, -0.25) is 9.59 Å². The van der Waals surface area contributed by atoms with Crippen LogP contribution >= 0.6 is 23.2 Å². The number of amides is 2. The van der Waals surface area contributed by atoms with Gasteiger partial charge in [0.25, 0.3) is 0 Å². The lowest BCUT2D eigenvalue weighted by Gasteiger charge is -2.41. The predicted molar refractivity (Wildman–Crippen MR) is 117 cm³/mol. The number of carbonyl (C=O) groups is 2. The van der Waals surface area contributed by atoms with E-state index in [1.165, 1.54) is 0 Å². The minimum Gasteiger partial charge on any atom is -0.356 e. The summed E-state index contributed by atoms with van der Waals surface area (Å²) >= 11 is 12.5. The Kier molecular flexibility index (Phi) is 5.34. The zero-order valence-corrected chi connectivity index (χ0v) is 18.0. The molecule has 0 aromatic heterocycles. The molecule has 152 valence electrons. The van der Waals surface area contributed by atoms with Gasteiger partial charge in [-0.05, 0) is 53.6 Å². The van der Waals surface area contributed by atoms with Gasteiger partial charge in [0.05, 0.1) is 5.41 Å². The lowest BCUT2D eigenvalue weighted by Crippen LogP contribution is -2.48. The third-order valence-corrected chi connectivity index (χ3v) is 6.66. The Morgan fingerprint density at radius 2 is 1.86 bits per heavy atom. The molecule has 2 amide bonds. The summed E-state index contributed by atoms with van der Waals surface area (Å²) in [5, 5.41) is 7.28. The van der Waals surface area contributed by atoms with E-state index in [0.29, 0.717) is 22.5 Å². The van der Waals surface area contributed by atoms with Gasteiger partial charge >= 0.3 is 0 Å². The molecule has 3 atom stereocenters. The molecule has 0 radical (unpaired) electrons. The summed E-state index contributed by atoms with van der Waals surface area (Å²) in [4.78, 5) is 26.4. The quantitative estimate of drug-likeness (QED) is 0.706. The molecular formula is C23H24Cl2N2O2. The van der Waals surface area contributed by atoms with Crippen molar-refractivity contribution in [3.8, 4) is 0 Å². The number of nitrogens with one attached hydrogen (secondary N) is 2. The Hall–Kier alpha value is -2.04. The first-order valence-corrected chi connectivity index (χ1v) is 10.7. The summed E-state index contributed by atoms with van der Waals surface area (Å²) in [5.41, 5.74) is 1.69. The minimum atomic E-state index is -0.867. The first kappa shape index (κ1) is 20.2. The van der Waals surface area contributed by atoms with Gasteiger partial charge in [-0.1, -0.05) is 55.2 Å². The molecule has 1 saturated heterocycles. The molecule has 4 rings (SSSR count). The Morgan fingerprint density at radius 1 is 1.10 bits per heavy atom. The lowest BCUT2D eigenvalue weighted by molar-refractivity contribution is -0.124. The number of halogens is 2. The Bertz CT molecular complexity index is 975. The van der Waals surface area contributed by atoms with Gasteiger partial charge in [-0.2, -0.15) is 0 Å². The first-order valence-electron chi connectivity index (χ1n) is 9.96. The monoisotopic (exact) mass is 430 g/mol. The second kappa shape index (κ2) is 7.66. The highest BCUT2D eigenvalue weighted by Crippen LogP contribution is 2.55. The molecular weight excluding hydrogens is 407 g/mol. The molecule has 2 aliphatic rings. The average molecular weight is 431 g/mol. The van der Waals surface area contributed by atoms with Crippen LogP contribution < -0.4 is 10.6 Å². The maximum atomic E-state index is 13.7. The van der Waals surface area contributed by atoms with Crippen LogP contribution in [0.2, 0.25) is 10.0 Å². The van der Waals surface area contributed by atoms with Crippen molar-refractivity contribution in [2.75, 3.05) is 11.9 Å². The van der Waals surface area contributed by atoms with Gasteiger partial charge in [0.2, 0.25) is 11.8 Å². The van der Waals surface area contributed by atoms with E-state index in [1.54, 1.807) is 6.07 Å². The molecule has 2 aromatic carbocycles. The number of rotatable bonds is 3. The maximum absolute atomic E-state index is 13.7. The van der Waals surface area contributed by atoms with Gasteiger partial charge in [0, 0.05) is 34.6 Å². The van der Waals surface area contributed by atoms with Crippen molar-refractivity contribution in [1.29, 1.82) is 0 Å². The average Bonchev–Trinajstić information content (AvgIpc) is 2.85. The number of fused-ring (bicyclic) bond motifs is 2. The van der Waals surface area contributed by atoms with E-state index >= 15 is 0 Å². The van der Waals surface area contributed by atoms with Crippen LogP contribution in [-0.4, -0.2) is 18.4 Å². The summed E-state index contributed by atoms with van der Waals surface area (Å²) in [6.45, 7) is 4.75. The summed E-state index contributed by atoms with van der Waals surface area (Å²) < 4.78 is 0. The molecule has 29 heavy (non-hydrogen) atoms. The molecule has 4 nitrogen and oxygen atoms in total. The third kappa shape index (κ3) is 3.43. The smallest absolute Gasteiger partial charge is 0.236 e. The van der Waals surface area contributed by atoms with Gasteiger partial charge in [-0.15, -0.1) is 0 Å². The summed E-state index contributed by atoms with van der Waals surface area (Å²) in [7, 11) is 0. The van der Waals surface area contributed by atoms with Gasteiger partial charge in [0.1, 0.15) is 0 Å². The Labute approximate surface area is 181 Å². The molecule has 2 N–H and O–H groups in total. The zero-order valence-electron chi connectivity index (χ0n) is 16.5. The van der Waals surface area contributed by atoms with E-state index in [2.05, 4.69) is 24.5 Å². The van der Waals surface area contributed by atoms with Gasteiger partial charge in [0.15, 0.2) is 0 Å². The third-order valence-electron chi connectivity index (χ3n) is 6.19. The van der Waals surface area contributed by atoms with Crippen molar-refractivity contribution in [3.63, 3.8) is 0 Å². The van der Waals surface area contributed by atoms with Gasteiger partial charge < -0.3 is 10.6 Å². The van der Waals surface area contributed by atoms with Crippen LogP contribution in [0.5, 0.6) is 0 Å². The van der Waals surface area contributed by atoms with Crippen LogP contribution in [-0.2, 0) is 15.0 Å². The Morgan fingerprint density at radius 3 is 2.59 bits per heavy atom. The Balaban J connectivity index is 1.99. The van der Waals surface area contributed by atoms with Crippen molar-refractivity contribution in [1.82, 2.24) is 5.32 Å². The minimum absolute atomic E-state index is 0.0455. The molecule has 2 aliphatic heterocycles. The molecule has 0 aliphatic carbocycles. The normalized spacial score (nSPS) is 26.2. The molecule has 1 spiro atoms. The van der Waals surface area contributed by atoms with Crippen molar-refractivity contribution >= 4 is 40.7 Å². The highest BCUT2D eigenvalue weighted by Gasteiger charge is 2.58. The SMILES string of the molecule is CC(C)CC1CNC(=O)C[C@@H](c2cccc(Cl)c2)C12C(=O)Nc1cc(Cl)ccc12. The lowest BCUT2D eigenvalue weighted by atomic mass is 9.59. The summed E-state index contributed by atoms with van der Waals surface area (Å²) in [5.74, 6) is -0.121. The molecule has 2 unspecified atom stereocenters. The number of hydrogen-bond acceptors (Lipinski definition) is 2. The molecule has 6 heteroatoms. The van der Waals surface area contributed by atoms with Crippen LogP contribution in [0.3, 0.4) is 0 Å². The van der Waals surface area contributed by atoms with Crippen LogP contribution in [0.4, 0.5) is 5.69 Å². The van der Waals surface area contributed by atoms with E-state index in [4.69, 9.17) is 23.2 Å². The van der Waals surface area contributed by atoms with Crippen molar-refractivity contribution in [3.05, 3.63) is 63.6 Å². The molecule has 1 fully saturated rings. The fourth-order valence-corrected chi connectivity index (χ4v) is 5.49. The van der Waals surface area contributed by atoms with Crippen LogP contribution in [0.1, 0.15) is 43.7 Å². The maximum Gasteiger partial charge on any atom is 0.236 e. The topological polar surface area (TPSA) is 58.2 Å². The van der Waals surface area contributed by atoms with E-state index in [0.717, 1.165) is 23.2 Å². The highest BCUT2D eigenvalue weighted by atomic mass is 35.5. The van der Waals surface area contributed by atoms with Crippen LogP contribution in [0.15, 0.2) is 42.5 Å². The largest absolute Gasteiger partial charge is 0.356 e. The fraction of sp³-hybridized carbons (Fsp3) is 0.391. The second-order valence-electron chi connectivity index (χ2n) is 8.46. The van der Waals surface area contributed by atoms with E-state index in [1.807, 2.05) is 36.4 Å². The number of carbonyl (C=O) groups excluding carboxylic acids is 2. The summed E-state index contributed by atoms with van der Waals surface area (Å²) in [6, 6.07) is 13.1. The second-order valence-corrected chi connectivity index (χ2v) is 9.33. The van der Waals surface area contributed by atoms with Crippen molar-refractivity contribution in [2.24, 2.45) is 11.8 Å². The standard InChI is InChI=1S/C23H24Cl2N2O2/c1-13(2)8-15-12-26-21(28)11-19(14-4-3-5-16(24)9-14)23(15)18-7-6-17(25)10-20(18)27-22(23)29/h3-7,9-10,13,15,19H,8,11-12H2,1-2H3,(H,26,28)(H,27,29)/t15?,19-,23?/m0/s1. The fourth-order valence-electron chi connectivity index (χ4n) is 5.12. The van der Waals surface area contributed by atoms with Crippen LogP contribution in [0.25, 0.3) is 0 Å². The highest BCUT2D eigenvalue weighted by molar-refractivity contribution is 6.31. The van der Waals surface area contributed by atoms with Crippen LogP contribution in [0, 0.1) is 11.8 Å². The van der Waals surface area contributed by atoms with E-state index in [9.17, 15) is 9.59 Å². The molecule has 2 aromatic rings. The van der Waals surface area contributed by atoms with Gasteiger partial charge in [-0.25, -0.2) is 0 Å². The molecule has 2 heterocycles. The number of anilines is 1. The summed E-state index contributed by atoms with van der Waals surface area (Å²) in [6.07, 6.45) is 1.04.